The maximum atomic E-state index is 12.4. The van der Waals surface area contributed by atoms with Crippen LogP contribution in [0.25, 0.3) is 0 Å². The van der Waals surface area contributed by atoms with Gasteiger partial charge >= 0.3 is 0 Å². The van der Waals surface area contributed by atoms with Gasteiger partial charge in [-0.2, -0.15) is 0 Å². The van der Waals surface area contributed by atoms with Crippen molar-refractivity contribution >= 4 is 27.7 Å². The Bertz CT molecular complexity index is 520. The molecule has 1 N–H and O–H groups in total. The van der Waals surface area contributed by atoms with Gasteiger partial charge in [0.2, 0.25) is 11.8 Å². The third-order valence-corrected chi connectivity index (χ3v) is 3.76. The highest BCUT2D eigenvalue weighted by Gasteiger charge is 2.27. The fourth-order valence-corrected chi connectivity index (χ4v) is 2.31. The molecular formula is C17H25BrN2O2. The van der Waals surface area contributed by atoms with E-state index in [4.69, 9.17) is 0 Å². The third-order valence-electron chi connectivity index (χ3n) is 3.23. The van der Waals surface area contributed by atoms with Crippen molar-refractivity contribution in [3.05, 3.63) is 34.3 Å². The molecule has 4 nitrogen and oxygen atoms in total. The van der Waals surface area contributed by atoms with Gasteiger partial charge in [0.15, 0.2) is 0 Å². The van der Waals surface area contributed by atoms with Crippen LogP contribution in [0.1, 0.15) is 46.6 Å². The van der Waals surface area contributed by atoms with E-state index in [1.54, 1.807) is 11.8 Å². The highest BCUT2D eigenvalue weighted by molar-refractivity contribution is 9.10. The smallest absolute Gasteiger partial charge is 0.242 e. The van der Waals surface area contributed by atoms with Gasteiger partial charge in [-0.15, -0.1) is 0 Å². The molecule has 0 bridgehead atoms. The van der Waals surface area contributed by atoms with Crippen LogP contribution in [-0.2, 0) is 16.1 Å². The summed E-state index contributed by atoms with van der Waals surface area (Å²) >= 11 is 3.39. The molecule has 122 valence electrons. The molecule has 0 unspecified atom stereocenters. The average Bonchev–Trinajstić information content (AvgIpc) is 2.43. The van der Waals surface area contributed by atoms with Crippen molar-refractivity contribution in [3.8, 4) is 0 Å². The van der Waals surface area contributed by atoms with Gasteiger partial charge < -0.3 is 10.2 Å². The largest absolute Gasteiger partial charge is 0.350 e. The Morgan fingerprint density at radius 2 is 1.77 bits per heavy atom. The van der Waals surface area contributed by atoms with E-state index in [-0.39, 0.29) is 17.4 Å². The Balaban J connectivity index is 2.90. The molecular weight excluding hydrogens is 344 g/mol. The highest BCUT2D eigenvalue weighted by Crippen LogP contribution is 2.15. The number of rotatable bonds is 5. The van der Waals surface area contributed by atoms with Gasteiger partial charge in [0.1, 0.15) is 6.04 Å². The van der Waals surface area contributed by atoms with Gasteiger partial charge in [0.05, 0.1) is 0 Å². The van der Waals surface area contributed by atoms with E-state index in [0.29, 0.717) is 13.0 Å². The van der Waals surface area contributed by atoms with Crippen molar-refractivity contribution < 1.29 is 9.59 Å². The van der Waals surface area contributed by atoms with E-state index in [0.717, 1.165) is 10.0 Å². The number of carbonyl (C=O) groups excluding carboxylic acids is 2. The molecule has 0 saturated heterocycles. The SMILES string of the molecule is CCC(=O)N(Cc1ccc(Br)cc1)[C@H](C)C(=O)NC(C)(C)C. The van der Waals surface area contributed by atoms with Crippen LogP contribution in [0.15, 0.2) is 28.7 Å². The van der Waals surface area contributed by atoms with Crippen LogP contribution in [0, 0.1) is 0 Å². The zero-order chi connectivity index (χ0) is 16.9. The first-order chi connectivity index (χ1) is 10.1. The number of hydrogen-bond donors (Lipinski definition) is 1. The van der Waals surface area contributed by atoms with E-state index in [1.165, 1.54) is 0 Å². The highest BCUT2D eigenvalue weighted by atomic mass is 79.9. The molecule has 1 aromatic carbocycles. The lowest BCUT2D eigenvalue weighted by molar-refractivity contribution is -0.141. The van der Waals surface area contributed by atoms with Crippen molar-refractivity contribution in [2.24, 2.45) is 0 Å². The average molecular weight is 369 g/mol. The molecule has 2 amide bonds. The number of amides is 2. The van der Waals surface area contributed by atoms with Crippen LogP contribution in [0.2, 0.25) is 0 Å². The number of nitrogens with zero attached hydrogens (tertiary/aromatic N) is 1. The van der Waals surface area contributed by atoms with Crippen molar-refractivity contribution in [2.75, 3.05) is 0 Å². The second-order valence-electron chi connectivity index (χ2n) is 6.42. The van der Waals surface area contributed by atoms with E-state index in [1.807, 2.05) is 52.0 Å². The molecule has 0 saturated carbocycles. The summed E-state index contributed by atoms with van der Waals surface area (Å²) in [6.07, 6.45) is 0.379. The zero-order valence-corrected chi connectivity index (χ0v) is 15.5. The summed E-state index contributed by atoms with van der Waals surface area (Å²) in [5.74, 6) is -0.161. The molecule has 0 fully saturated rings. The molecule has 0 aromatic heterocycles. The lowest BCUT2D eigenvalue weighted by Crippen LogP contribution is -2.52. The van der Waals surface area contributed by atoms with E-state index >= 15 is 0 Å². The van der Waals surface area contributed by atoms with E-state index in [9.17, 15) is 9.59 Å². The summed E-state index contributed by atoms with van der Waals surface area (Å²) in [5, 5.41) is 2.93. The predicted molar refractivity (Wildman–Crippen MR) is 92.3 cm³/mol. The normalized spacial score (nSPS) is 12.6. The fraction of sp³-hybridized carbons (Fsp3) is 0.529. The summed E-state index contributed by atoms with van der Waals surface area (Å²) in [4.78, 5) is 26.2. The third kappa shape index (κ3) is 5.79. The molecule has 0 heterocycles. The van der Waals surface area contributed by atoms with Crippen molar-refractivity contribution in [3.63, 3.8) is 0 Å². The second kappa shape index (κ2) is 7.77. The minimum atomic E-state index is -0.504. The molecule has 0 spiro atoms. The monoisotopic (exact) mass is 368 g/mol. The van der Waals surface area contributed by atoms with Gasteiger partial charge in [0, 0.05) is 23.0 Å². The Labute approximate surface area is 141 Å². The lowest BCUT2D eigenvalue weighted by atomic mass is 10.1. The molecule has 22 heavy (non-hydrogen) atoms. The Morgan fingerprint density at radius 1 is 1.23 bits per heavy atom. The summed E-state index contributed by atoms with van der Waals surface area (Å²) in [7, 11) is 0. The standard InChI is InChI=1S/C17H25BrN2O2/c1-6-15(21)20(11-13-7-9-14(18)10-8-13)12(2)16(22)19-17(3,4)5/h7-10,12H,6,11H2,1-5H3,(H,19,22)/t12-/m1/s1. The number of benzene rings is 1. The zero-order valence-electron chi connectivity index (χ0n) is 13.9. The molecule has 0 aliphatic rings. The summed E-state index contributed by atoms with van der Waals surface area (Å²) < 4.78 is 0.989. The number of halogens is 1. The van der Waals surface area contributed by atoms with Gasteiger partial charge in [-0.1, -0.05) is 35.0 Å². The summed E-state index contributed by atoms with van der Waals surface area (Å²) in [6.45, 7) is 9.80. The van der Waals surface area contributed by atoms with Crippen LogP contribution in [-0.4, -0.2) is 28.3 Å². The molecule has 0 aliphatic heterocycles. The molecule has 0 radical (unpaired) electrons. The number of carbonyl (C=O) groups is 2. The first-order valence-electron chi connectivity index (χ1n) is 7.50. The number of hydrogen-bond acceptors (Lipinski definition) is 2. The van der Waals surface area contributed by atoms with Crippen molar-refractivity contribution in [2.45, 2.75) is 59.2 Å². The lowest BCUT2D eigenvalue weighted by Gasteiger charge is -2.31. The van der Waals surface area contributed by atoms with Crippen LogP contribution in [0.4, 0.5) is 0 Å². The summed E-state index contributed by atoms with van der Waals surface area (Å²) in [5.41, 5.74) is 0.685. The second-order valence-corrected chi connectivity index (χ2v) is 7.33. The first kappa shape index (κ1) is 18.7. The Kier molecular flexibility index (Phi) is 6.60. The minimum Gasteiger partial charge on any atom is -0.350 e. The van der Waals surface area contributed by atoms with Gasteiger partial charge in [0.25, 0.3) is 0 Å². The van der Waals surface area contributed by atoms with Crippen LogP contribution < -0.4 is 5.32 Å². The topological polar surface area (TPSA) is 49.4 Å². The van der Waals surface area contributed by atoms with Gasteiger partial charge in [-0.05, 0) is 45.4 Å². The maximum absolute atomic E-state index is 12.4. The molecule has 1 rings (SSSR count). The maximum Gasteiger partial charge on any atom is 0.242 e. The quantitative estimate of drug-likeness (QED) is 0.864. The Morgan fingerprint density at radius 3 is 2.23 bits per heavy atom. The number of nitrogens with one attached hydrogen (secondary N) is 1. The Hall–Kier alpha value is -1.36. The van der Waals surface area contributed by atoms with Crippen LogP contribution in [0.3, 0.4) is 0 Å². The molecule has 5 heteroatoms. The predicted octanol–water partition coefficient (Wildman–Crippen LogP) is 3.49. The van der Waals surface area contributed by atoms with Crippen LogP contribution in [0.5, 0.6) is 0 Å². The van der Waals surface area contributed by atoms with E-state index < -0.39 is 6.04 Å². The molecule has 0 aliphatic carbocycles. The molecule has 1 aromatic rings. The van der Waals surface area contributed by atoms with Gasteiger partial charge in [-0.3, -0.25) is 9.59 Å². The van der Waals surface area contributed by atoms with Crippen LogP contribution >= 0.6 is 15.9 Å². The minimum absolute atomic E-state index is 0.0283. The first-order valence-corrected chi connectivity index (χ1v) is 8.29. The fourth-order valence-electron chi connectivity index (χ4n) is 2.05. The summed E-state index contributed by atoms with van der Waals surface area (Å²) in [6, 6.07) is 7.27. The molecule has 1 atom stereocenters. The van der Waals surface area contributed by atoms with Crippen molar-refractivity contribution in [1.29, 1.82) is 0 Å². The van der Waals surface area contributed by atoms with Gasteiger partial charge in [-0.25, -0.2) is 0 Å². The van der Waals surface area contributed by atoms with E-state index in [2.05, 4.69) is 21.2 Å². The van der Waals surface area contributed by atoms with Crippen molar-refractivity contribution in [1.82, 2.24) is 10.2 Å².